The molecule has 1 heterocycles. The minimum absolute atomic E-state index is 0.148. The van der Waals surface area contributed by atoms with Crippen LogP contribution in [0.25, 0.3) is 5.69 Å². The first kappa shape index (κ1) is 33.4. The Morgan fingerprint density at radius 3 is 2.09 bits per heavy atom. The van der Waals surface area contributed by atoms with Crippen molar-refractivity contribution in [2.45, 2.75) is 96.8 Å². The second-order valence-electron chi connectivity index (χ2n) is 10.8. The number of carbonyl (C=O) groups excluding carboxylic acids is 2. The maximum Gasteiger partial charge on any atom is 0.315 e. The number of nitrogens with one attached hydrogen (secondary N) is 2. The number of halogens is 1. The third kappa shape index (κ3) is 12.4. The van der Waals surface area contributed by atoms with Crippen LogP contribution in [0.3, 0.4) is 0 Å². The number of unbranched alkanes of at least 4 members (excludes halogenated alkanes) is 11. The molecule has 7 nitrogen and oxygen atoms in total. The second-order valence-corrected chi connectivity index (χ2v) is 10.8. The first-order chi connectivity index (χ1) is 21.0. The van der Waals surface area contributed by atoms with Gasteiger partial charge in [-0.15, -0.1) is 5.10 Å². The lowest BCUT2D eigenvalue weighted by Gasteiger charge is -2.09. The highest BCUT2D eigenvalue weighted by atomic mass is 19.1. The van der Waals surface area contributed by atoms with Crippen LogP contribution < -0.4 is 20.3 Å². The molecule has 8 heteroatoms. The largest absolute Gasteiger partial charge is 0.419 e. The quantitative estimate of drug-likeness (QED) is 0.0641. The van der Waals surface area contributed by atoms with E-state index >= 15 is 0 Å². The van der Waals surface area contributed by atoms with Gasteiger partial charge in [-0.2, -0.15) is 0 Å². The SMILES string of the molecule is CCCCCCCC/C=C\CCCCCCCC(=O)Oc1c[n+](-c2ccccc2)[nH]c(=O)c1C(=O)Nc1ccc(F)cc1. The number of nitrogens with zero attached hydrogens (tertiary/aromatic N) is 1. The molecule has 0 unspecified atom stereocenters. The molecule has 0 bridgehead atoms. The first-order valence-electron chi connectivity index (χ1n) is 15.6. The Bertz CT molecular complexity index is 1350. The van der Waals surface area contributed by atoms with Crippen LogP contribution >= 0.6 is 0 Å². The van der Waals surface area contributed by atoms with E-state index in [9.17, 15) is 18.8 Å². The molecule has 2 N–H and O–H groups in total. The van der Waals surface area contributed by atoms with Gasteiger partial charge in [-0.05, 0) is 56.4 Å². The highest BCUT2D eigenvalue weighted by Crippen LogP contribution is 2.18. The van der Waals surface area contributed by atoms with Crippen LogP contribution in [0, 0.1) is 5.82 Å². The summed E-state index contributed by atoms with van der Waals surface area (Å²) in [6.45, 7) is 2.24. The van der Waals surface area contributed by atoms with Gasteiger partial charge in [0.25, 0.3) is 5.91 Å². The molecule has 0 aliphatic rings. The zero-order valence-electron chi connectivity index (χ0n) is 25.3. The van der Waals surface area contributed by atoms with E-state index in [1.807, 2.05) is 6.07 Å². The molecular formula is C35H45FN3O4+. The molecule has 43 heavy (non-hydrogen) atoms. The number of benzene rings is 2. The van der Waals surface area contributed by atoms with E-state index in [0.717, 1.165) is 32.1 Å². The standard InChI is InChI=1S/C35H44FN3O4/c1-2-3-4-5-6-7-8-9-10-11-12-13-14-15-19-22-32(40)43-31-27-39(30-20-17-16-18-21-30)38-35(42)33(31)34(41)37-29-25-23-28(36)24-26-29/h9-10,16-18,20-21,23-27H,2-8,11-15,19,22H2,1H3,(H-,37,38,41,42)/p+1/b10-9-. The number of allylic oxidation sites excluding steroid dienone is 2. The van der Waals surface area contributed by atoms with E-state index in [4.69, 9.17) is 4.74 Å². The Morgan fingerprint density at radius 1 is 0.837 bits per heavy atom. The Hall–Kier alpha value is -4.07. The minimum Gasteiger partial charge on any atom is -0.419 e. The summed E-state index contributed by atoms with van der Waals surface area (Å²) in [5.41, 5.74) is -0.139. The van der Waals surface area contributed by atoms with Crippen LogP contribution in [-0.2, 0) is 4.79 Å². The summed E-state index contributed by atoms with van der Waals surface area (Å²) >= 11 is 0. The van der Waals surface area contributed by atoms with Crippen LogP contribution in [0.15, 0.2) is 77.7 Å². The minimum atomic E-state index is -0.767. The first-order valence-corrected chi connectivity index (χ1v) is 15.6. The third-order valence-electron chi connectivity index (χ3n) is 7.17. The van der Waals surface area contributed by atoms with Crippen molar-refractivity contribution in [3.8, 4) is 11.4 Å². The lowest BCUT2D eigenvalue weighted by atomic mass is 10.1. The molecule has 3 rings (SSSR count). The molecular weight excluding hydrogens is 545 g/mol. The molecule has 2 aromatic carbocycles. The van der Waals surface area contributed by atoms with Crippen molar-refractivity contribution in [2.75, 3.05) is 5.32 Å². The molecule has 0 saturated carbocycles. The molecule has 3 aromatic rings. The number of rotatable bonds is 19. The second kappa shape index (κ2) is 19.2. The van der Waals surface area contributed by atoms with E-state index in [-0.39, 0.29) is 17.7 Å². The molecule has 0 spiro atoms. The van der Waals surface area contributed by atoms with E-state index in [1.165, 1.54) is 80.1 Å². The van der Waals surface area contributed by atoms with E-state index in [2.05, 4.69) is 29.5 Å². The number of aromatic amines is 1. The number of anilines is 1. The fourth-order valence-electron chi connectivity index (χ4n) is 4.75. The third-order valence-corrected chi connectivity index (χ3v) is 7.17. The number of amides is 1. The van der Waals surface area contributed by atoms with Gasteiger partial charge in [0.15, 0.2) is 5.56 Å². The number of aromatic nitrogens is 2. The van der Waals surface area contributed by atoms with Crippen molar-refractivity contribution in [1.82, 2.24) is 5.10 Å². The maximum atomic E-state index is 13.3. The van der Waals surface area contributed by atoms with E-state index < -0.39 is 23.3 Å². The van der Waals surface area contributed by atoms with Crippen molar-refractivity contribution in [2.24, 2.45) is 0 Å². The lowest BCUT2D eigenvalue weighted by Crippen LogP contribution is -2.43. The molecule has 0 fully saturated rings. The van der Waals surface area contributed by atoms with Crippen LogP contribution in [0.1, 0.15) is 107 Å². The van der Waals surface area contributed by atoms with Gasteiger partial charge in [-0.25, -0.2) is 4.39 Å². The monoisotopic (exact) mass is 590 g/mol. The molecule has 1 aromatic heterocycles. The van der Waals surface area contributed by atoms with Crippen LogP contribution in [0.4, 0.5) is 10.1 Å². The number of esters is 1. The van der Waals surface area contributed by atoms with Crippen molar-refractivity contribution in [1.29, 1.82) is 0 Å². The molecule has 0 atom stereocenters. The molecule has 0 aliphatic heterocycles. The zero-order valence-corrected chi connectivity index (χ0v) is 25.3. The Morgan fingerprint density at radius 2 is 1.44 bits per heavy atom. The number of ether oxygens (including phenoxy) is 1. The molecule has 0 saturated heterocycles. The fourth-order valence-corrected chi connectivity index (χ4v) is 4.75. The van der Waals surface area contributed by atoms with Crippen molar-refractivity contribution in [3.63, 3.8) is 0 Å². The Labute approximate surface area is 254 Å². The number of carbonyl (C=O) groups is 2. The van der Waals surface area contributed by atoms with Gasteiger partial charge in [0.1, 0.15) is 5.82 Å². The average Bonchev–Trinajstić information content (AvgIpc) is 3.00. The van der Waals surface area contributed by atoms with Gasteiger partial charge in [-0.1, -0.05) is 93.3 Å². The number of H-pyrrole nitrogens is 1. The van der Waals surface area contributed by atoms with Gasteiger partial charge >= 0.3 is 11.5 Å². The summed E-state index contributed by atoms with van der Waals surface area (Å²) in [5, 5.41) is 5.19. The topological polar surface area (TPSA) is 92.1 Å². The van der Waals surface area contributed by atoms with Crippen molar-refractivity contribution >= 4 is 17.6 Å². The van der Waals surface area contributed by atoms with E-state index in [0.29, 0.717) is 17.8 Å². The van der Waals surface area contributed by atoms with Crippen LogP contribution in [0.2, 0.25) is 0 Å². The molecule has 1 amide bonds. The Kier molecular flexibility index (Phi) is 14.9. The number of para-hydroxylation sites is 1. The summed E-state index contributed by atoms with van der Waals surface area (Å²) in [7, 11) is 0. The highest BCUT2D eigenvalue weighted by molar-refractivity contribution is 6.06. The van der Waals surface area contributed by atoms with Crippen molar-refractivity contribution in [3.05, 3.63) is 94.7 Å². The van der Waals surface area contributed by atoms with Gasteiger partial charge in [0, 0.05) is 24.2 Å². The van der Waals surface area contributed by atoms with Gasteiger partial charge in [-0.3, -0.25) is 14.4 Å². The summed E-state index contributed by atoms with van der Waals surface area (Å²) in [5.74, 6) is -1.88. The number of hydrogen-bond donors (Lipinski definition) is 2. The van der Waals surface area contributed by atoms with Gasteiger partial charge in [0.05, 0.1) is 0 Å². The molecule has 230 valence electrons. The van der Waals surface area contributed by atoms with Gasteiger partial charge in [0.2, 0.25) is 17.6 Å². The summed E-state index contributed by atoms with van der Waals surface area (Å²) < 4.78 is 20.3. The molecule has 0 radical (unpaired) electrons. The Balaban J connectivity index is 1.48. The smallest absolute Gasteiger partial charge is 0.315 e. The average molecular weight is 591 g/mol. The normalized spacial score (nSPS) is 11.1. The summed E-state index contributed by atoms with van der Waals surface area (Å²) in [4.78, 5) is 38.8. The maximum absolute atomic E-state index is 13.3. The highest BCUT2D eigenvalue weighted by Gasteiger charge is 2.25. The predicted octanol–water partition coefficient (Wildman–Crippen LogP) is 7.99. The predicted molar refractivity (Wildman–Crippen MR) is 168 cm³/mol. The van der Waals surface area contributed by atoms with E-state index in [1.54, 1.807) is 24.3 Å². The zero-order chi connectivity index (χ0) is 30.7. The van der Waals surface area contributed by atoms with Gasteiger partial charge < -0.3 is 10.1 Å². The van der Waals surface area contributed by atoms with Crippen LogP contribution in [-0.4, -0.2) is 17.0 Å². The van der Waals surface area contributed by atoms with Crippen molar-refractivity contribution < 1.29 is 23.4 Å². The van der Waals surface area contributed by atoms with Crippen LogP contribution in [0.5, 0.6) is 5.75 Å². The lowest BCUT2D eigenvalue weighted by molar-refractivity contribution is -0.661. The number of hydrogen-bond acceptors (Lipinski definition) is 4. The summed E-state index contributed by atoms with van der Waals surface area (Å²) in [6.07, 6.45) is 21.2. The fraction of sp³-hybridized carbons (Fsp3) is 0.429. The summed E-state index contributed by atoms with van der Waals surface area (Å²) in [6, 6.07) is 14.1. The molecule has 0 aliphatic carbocycles.